The summed E-state index contributed by atoms with van der Waals surface area (Å²) >= 11 is 0. The van der Waals surface area contributed by atoms with E-state index in [1.54, 1.807) is 0 Å². The summed E-state index contributed by atoms with van der Waals surface area (Å²) in [6, 6.07) is 8.90. The van der Waals surface area contributed by atoms with E-state index in [0.29, 0.717) is 6.04 Å². The average Bonchev–Trinajstić information content (AvgIpc) is 2.16. The summed E-state index contributed by atoms with van der Waals surface area (Å²) in [6.07, 6.45) is 1.13. The Morgan fingerprint density at radius 3 is 2.57 bits per heavy atom. The van der Waals surface area contributed by atoms with Gasteiger partial charge in [0.05, 0.1) is 11.4 Å². The number of rotatable bonds is 0. The zero-order valence-corrected chi connectivity index (χ0v) is 9.09. The normalized spacial score (nSPS) is 24.1. The monoisotopic (exact) mass is 190 g/mol. The Hall–Kier alpha value is -1.18. The molecule has 0 bridgehead atoms. The Kier molecular flexibility index (Phi) is 2.14. The Balaban J connectivity index is 2.37. The molecule has 1 aliphatic rings. The molecule has 0 radical (unpaired) electrons. The molecule has 1 aromatic carbocycles. The zero-order valence-electron chi connectivity index (χ0n) is 9.09. The molecule has 0 saturated carbocycles. The van der Waals surface area contributed by atoms with Gasteiger partial charge in [-0.1, -0.05) is 12.1 Å². The molecule has 0 aliphatic carbocycles. The molecule has 2 heteroatoms. The smallest absolute Gasteiger partial charge is 0.0580 e. The van der Waals surface area contributed by atoms with Crippen molar-refractivity contribution in [2.45, 2.75) is 38.8 Å². The Bertz CT molecular complexity index is 331. The van der Waals surface area contributed by atoms with Crippen molar-refractivity contribution in [3.63, 3.8) is 0 Å². The van der Waals surface area contributed by atoms with E-state index in [9.17, 15) is 0 Å². The first-order valence-corrected chi connectivity index (χ1v) is 5.21. The average molecular weight is 190 g/mol. The van der Waals surface area contributed by atoms with Crippen molar-refractivity contribution in [3.8, 4) is 0 Å². The van der Waals surface area contributed by atoms with Crippen LogP contribution in [-0.4, -0.2) is 11.6 Å². The van der Waals surface area contributed by atoms with Crippen LogP contribution in [-0.2, 0) is 0 Å². The van der Waals surface area contributed by atoms with E-state index < -0.39 is 0 Å². The Morgan fingerprint density at radius 2 is 1.86 bits per heavy atom. The second-order valence-electron chi connectivity index (χ2n) is 4.80. The van der Waals surface area contributed by atoms with E-state index in [4.69, 9.17) is 0 Å². The third kappa shape index (κ3) is 1.84. The van der Waals surface area contributed by atoms with Crippen molar-refractivity contribution >= 4 is 11.4 Å². The Labute approximate surface area is 85.7 Å². The summed E-state index contributed by atoms with van der Waals surface area (Å²) in [4.78, 5) is 0. The van der Waals surface area contributed by atoms with Gasteiger partial charge < -0.3 is 10.6 Å². The number of hydrogen-bond donors (Lipinski definition) is 2. The third-order valence-electron chi connectivity index (χ3n) is 2.62. The molecule has 0 amide bonds. The molecule has 1 atom stereocenters. The summed E-state index contributed by atoms with van der Waals surface area (Å²) in [5, 5.41) is 7.08. The van der Waals surface area contributed by atoms with E-state index in [1.807, 2.05) is 0 Å². The molecule has 2 nitrogen and oxygen atoms in total. The summed E-state index contributed by atoms with van der Waals surface area (Å²) in [7, 11) is 0. The lowest BCUT2D eigenvalue weighted by Crippen LogP contribution is -2.33. The SMILES string of the molecule is CC1CC(C)(C)Nc2ccccc2N1. The fourth-order valence-corrected chi connectivity index (χ4v) is 2.22. The fraction of sp³-hybridized carbons (Fsp3) is 0.500. The van der Waals surface area contributed by atoms with Crippen LogP contribution in [0, 0.1) is 0 Å². The molecule has 14 heavy (non-hydrogen) atoms. The van der Waals surface area contributed by atoms with E-state index in [0.717, 1.165) is 6.42 Å². The zero-order chi connectivity index (χ0) is 10.2. The maximum atomic E-state index is 3.57. The lowest BCUT2D eigenvalue weighted by molar-refractivity contribution is 0.492. The first kappa shape index (κ1) is 9.38. The second-order valence-corrected chi connectivity index (χ2v) is 4.80. The summed E-state index contributed by atoms with van der Waals surface area (Å²) in [5.74, 6) is 0. The number of hydrogen-bond acceptors (Lipinski definition) is 2. The molecule has 0 saturated heterocycles. The molecule has 0 aromatic heterocycles. The predicted octanol–water partition coefficient (Wildman–Crippen LogP) is 3.08. The molecule has 0 spiro atoms. The minimum atomic E-state index is 0.166. The standard InChI is InChI=1S/C12H18N2/c1-9-8-12(2,3)14-11-7-5-4-6-10(11)13-9/h4-7,9,13-14H,8H2,1-3H3. The number of nitrogens with one attached hydrogen (secondary N) is 2. The molecule has 1 aromatic rings. The predicted molar refractivity (Wildman–Crippen MR) is 61.8 cm³/mol. The second kappa shape index (κ2) is 3.19. The quantitative estimate of drug-likeness (QED) is 0.657. The first-order chi connectivity index (χ1) is 6.57. The minimum absolute atomic E-state index is 0.166. The van der Waals surface area contributed by atoms with Crippen LogP contribution in [0.1, 0.15) is 27.2 Å². The van der Waals surface area contributed by atoms with Gasteiger partial charge in [0.1, 0.15) is 0 Å². The maximum Gasteiger partial charge on any atom is 0.0580 e. The van der Waals surface area contributed by atoms with Crippen LogP contribution in [0.25, 0.3) is 0 Å². The molecule has 1 unspecified atom stereocenters. The molecule has 76 valence electrons. The third-order valence-corrected chi connectivity index (χ3v) is 2.62. The number of fused-ring (bicyclic) bond motifs is 1. The van der Waals surface area contributed by atoms with Crippen LogP contribution in [0.5, 0.6) is 0 Å². The van der Waals surface area contributed by atoms with Gasteiger partial charge >= 0.3 is 0 Å². The van der Waals surface area contributed by atoms with E-state index in [-0.39, 0.29) is 5.54 Å². The van der Waals surface area contributed by atoms with E-state index in [1.165, 1.54) is 11.4 Å². The molecular weight excluding hydrogens is 172 g/mol. The highest BCUT2D eigenvalue weighted by atomic mass is 15.1. The van der Waals surface area contributed by atoms with Crippen LogP contribution in [0.15, 0.2) is 24.3 Å². The topological polar surface area (TPSA) is 24.1 Å². The summed E-state index contributed by atoms with van der Waals surface area (Å²) < 4.78 is 0. The van der Waals surface area contributed by atoms with Crippen LogP contribution in [0.3, 0.4) is 0 Å². The van der Waals surface area contributed by atoms with Crippen LogP contribution >= 0.6 is 0 Å². The van der Waals surface area contributed by atoms with Gasteiger partial charge in [-0.15, -0.1) is 0 Å². The number of anilines is 2. The highest BCUT2D eigenvalue weighted by Crippen LogP contribution is 2.31. The van der Waals surface area contributed by atoms with Gasteiger partial charge in [-0.3, -0.25) is 0 Å². The summed E-state index contributed by atoms with van der Waals surface area (Å²) in [5.41, 5.74) is 2.59. The van der Waals surface area contributed by atoms with Crippen molar-refractivity contribution in [2.24, 2.45) is 0 Å². The van der Waals surface area contributed by atoms with Gasteiger partial charge in [-0.2, -0.15) is 0 Å². The first-order valence-electron chi connectivity index (χ1n) is 5.21. The van der Waals surface area contributed by atoms with Gasteiger partial charge in [0.15, 0.2) is 0 Å². The van der Waals surface area contributed by atoms with E-state index >= 15 is 0 Å². The highest BCUT2D eigenvalue weighted by Gasteiger charge is 2.25. The fourth-order valence-electron chi connectivity index (χ4n) is 2.22. The van der Waals surface area contributed by atoms with Gasteiger partial charge in [0.25, 0.3) is 0 Å². The van der Waals surface area contributed by atoms with Crippen molar-refractivity contribution in [1.82, 2.24) is 0 Å². The van der Waals surface area contributed by atoms with Crippen molar-refractivity contribution in [1.29, 1.82) is 0 Å². The van der Waals surface area contributed by atoms with Crippen molar-refractivity contribution in [2.75, 3.05) is 10.6 Å². The number of benzene rings is 1. The van der Waals surface area contributed by atoms with Crippen LogP contribution < -0.4 is 10.6 Å². The number of para-hydroxylation sites is 2. The van der Waals surface area contributed by atoms with E-state index in [2.05, 4.69) is 55.7 Å². The molecule has 2 N–H and O–H groups in total. The van der Waals surface area contributed by atoms with Gasteiger partial charge in [-0.05, 0) is 39.3 Å². The highest BCUT2D eigenvalue weighted by molar-refractivity contribution is 5.70. The molecular formula is C12H18N2. The van der Waals surface area contributed by atoms with Crippen molar-refractivity contribution in [3.05, 3.63) is 24.3 Å². The largest absolute Gasteiger partial charge is 0.381 e. The lowest BCUT2D eigenvalue weighted by atomic mass is 9.97. The molecule has 2 rings (SSSR count). The molecule has 1 heterocycles. The van der Waals surface area contributed by atoms with Gasteiger partial charge in [-0.25, -0.2) is 0 Å². The molecule has 1 aliphatic heterocycles. The minimum Gasteiger partial charge on any atom is -0.381 e. The van der Waals surface area contributed by atoms with Crippen molar-refractivity contribution < 1.29 is 0 Å². The van der Waals surface area contributed by atoms with Crippen LogP contribution in [0.2, 0.25) is 0 Å². The maximum absolute atomic E-state index is 3.57. The summed E-state index contributed by atoms with van der Waals surface area (Å²) in [6.45, 7) is 6.71. The van der Waals surface area contributed by atoms with Gasteiger partial charge in [0, 0.05) is 11.6 Å². The lowest BCUT2D eigenvalue weighted by Gasteiger charge is -2.26. The van der Waals surface area contributed by atoms with Gasteiger partial charge in [0.2, 0.25) is 0 Å². The molecule has 0 fully saturated rings. The van der Waals surface area contributed by atoms with Crippen LogP contribution in [0.4, 0.5) is 11.4 Å². The Morgan fingerprint density at radius 1 is 1.21 bits per heavy atom.